The van der Waals surface area contributed by atoms with E-state index in [0.29, 0.717) is 0 Å². The van der Waals surface area contributed by atoms with Crippen LogP contribution in [0.1, 0.15) is 20.3 Å². The summed E-state index contributed by atoms with van der Waals surface area (Å²) in [6.45, 7) is 3.27. The Hall–Kier alpha value is -3.89. The molecule has 4 atom stereocenters. The molecular formula is C31H31F15O7. The van der Waals surface area contributed by atoms with Gasteiger partial charge >= 0.3 is 23.9 Å². The average Bonchev–Trinajstić information content (AvgIpc) is 3.12. The fourth-order valence-corrected chi connectivity index (χ4v) is 3.22. The zero-order chi connectivity index (χ0) is 41.3. The molecule has 0 radical (unpaired) electrons. The van der Waals surface area contributed by atoms with Gasteiger partial charge in [0.15, 0.2) is 29.1 Å². The Kier molecular flexibility index (Phi) is 20.7. The number of carbonyl (C=O) groups is 2. The minimum absolute atomic E-state index is 0.261. The number of hydrogen-bond donors (Lipinski definition) is 0. The van der Waals surface area contributed by atoms with Crippen molar-refractivity contribution in [2.75, 3.05) is 39.7 Å². The lowest BCUT2D eigenvalue weighted by Crippen LogP contribution is -2.56. The molecular weight excluding hydrogens is 769 g/mol. The molecule has 0 aromatic heterocycles. The van der Waals surface area contributed by atoms with E-state index in [9.17, 15) is 71.1 Å². The Labute approximate surface area is 291 Å². The van der Waals surface area contributed by atoms with E-state index >= 15 is 4.39 Å². The Morgan fingerprint density at radius 1 is 0.736 bits per heavy atom. The molecule has 0 saturated carbocycles. The monoisotopic (exact) mass is 800 g/mol. The normalized spacial score (nSPS) is 17.5. The highest BCUT2D eigenvalue weighted by Crippen LogP contribution is 2.51. The molecule has 0 aliphatic rings. The molecule has 22 heteroatoms. The van der Waals surface area contributed by atoms with Crippen molar-refractivity contribution in [1.29, 1.82) is 0 Å². The molecule has 7 nitrogen and oxygen atoms in total. The molecule has 4 unspecified atom stereocenters. The summed E-state index contributed by atoms with van der Waals surface area (Å²) in [6, 6.07) is 0. The minimum Gasteiger partial charge on any atom is -0.460 e. The van der Waals surface area contributed by atoms with Gasteiger partial charge in [-0.2, -0.15) is 26.3 Å². The lowest BCUT2D eigenvalue weighted by Gasteiger charge is -2.33. The van der Waals surface area contributed by atoms with Gasteiger partial charge in [-0.3, -0.25) is 4.79 Å². The lowest BCUT2D eigenvalue weighted by atomic mass is 10.1. The first kappa shape index (κ1) is 49.1. The van der Waals surface area contributed by atoms with Crippen LogP contribution >= 0.6 is 0 Å². The average molecular weight is 801 g/mol. The number of carbonyl (C=O) groups excluding carboxylic acids is 2. The van der Waals surface area contributed by atoms with Crippen molar-refractivity contribution < 1.29 is 99.1 Å². The topological polar surface area (TPSA) is 80.3 Å². The van der Waals surface area contributed by atoms with Gasteiger partial charge < -0.3 is 23.7 Å². The maximum absolute atomic E-state index is 15.1. The molecule has 0 bridgehead atoms. The highest BCUT2D eigenvalue weighted by atomic mass is 19.4. The number of ketones is 1. The second kappa shape index (κ2) is 22.4. The summed E-state index contributed by atoms with van der Waals surface area (Å²) < 4.78 is 229. The third-order valence-electron chi connectivity index (χ3n) is 5.93. The van der Waals surface area contributed by atoms with Gasteiger partial charge in [0.1, 0.15) is 19.4 Å². The number of hydrogen-bond acceptors (Lipinski definition) is 7. The van der Waals surface area contributed by atoms with E-state index in [1.54, 1.807) is 0 Å². The van der Waals surface area contributed by atoms with Gasteiger partial charge in [0.25, 0.3) is 0 Å². The van der Waals surface area contributed by atoms with Gasteiger partial charge in [-0.05, 0) is 32.4 Å². The van der Waals surface area contributed by atoms with Crippen molar-refractivity contribution in [3.8, 4) is 0 Å². The fraction of sp³-hybridized carbons (Fsp3) is 0.484. The minimum atomic E-state index is -7.14. The first-order valence-corrected chi connectivity index (χ1v) is 14.5. The van der Waals surface area contributed by atoms with Crippen molar-refractivity contribution in [3.05, 3.63) is 84.1 Å². The van der Waals surface area contributed by atoms with Crippen LogP contribution in [0.2, 0.25) is 0 Å². The number of ether oxygens (including phenoxy) is 5. The molecule has 0 saturated heterocycles. The highest BCUT2D eigenvalue weighted by Gasteiger charge is 2.75. The van der Waals surface area contributed by atoms with Crippen molar-refractivity contribution in [3.63, 3.8) is 0 Å². The summed E-state index contributed by atoms with van der Waals surface area (Å²) in [5, 5.41) is 0. The van der Waals surface area contributed by atoms with E-state index in [-0.39, 0.29) is 13.2 Å². The van der Waals surface area contributed by atoms with Crippen LogP contribution < -0.4 is 0 Å². The van der Waals surface area contributed by atoms with Gasteiger partial charge in [-0.15, -0.1) is 0 Å². The molecule has 0 rings (SSSR count). The summed E-state index contributed by atoms with van der Waals surface area (Å²) in [6.07, 6.45) is -6.54. The van der Waals surface area contributed by atoms with Gasteiger partial charge in [0.05, 0.1) is 32.0 Å². The largest absolute Gasteiger partial charge is 0.460 e. The molecule has 0 aliphatic heterocycles. The van der Waals surface area contributed by atoms with Gasteiger partial charge in [-0.25, -0.2) is 44.3 Å². The van der Waals surface area contributed by atoms with E-state index in [2.05, 4.69) is 17.9 Å². The van der Waals surface area contributed by atoms with Crippen molar-refractivity contribution in [2.45, 2.75) is 56.5 Å². The van der Waals surface area contributed by atoms with E-state index in [1.165, 1.54) is 19.9 Å². The van der Waals surface area contributed by atoms with Crippen molar-refractivity contribution in [1.82, 2.24) is 0 Å². The molecule has 0 N–H and O–H groups in total. The Balaban J connectivity index is 6.11. The first-order valence-electron chi connectivity index (χ1n) is 14.5. The van der Waals surface area contributed by atoms with Gasteiger partial charge in [-0.1, -0.05) is 19.2 Å². The van der Waals surface area contributed by atoms with Crippen molar-refractivity contribution in [2.24, 2.45) is 0 Å². The molecule has 0 aromatic carbocycles. The predicted molar refractivity (Wildman–Crippen MR) is 154 cm³/mol. The van der Waals surface area contributed by atoms with Crippen molar-refractivity contribution >= 4 is 11.8 Å². The third-order valence-corrected chi connectivity index (χ3v) is 5.93. The summed E-state index contributed by atoms with van der Waals surface area (Å²) in [4.78, 5) is 22.6. The zero-order valence-electron chi connectivity index (χ0n) is 27.4. The third kappa shape index (κ3) is 14.8. The summed E-state index contributed by atoms with van der Waals surface area (Å²) in [5.74, 6) is -43.6. The number of rotatable bonds is 24. The standard InChI is InChI=1S/C31H31F15O7/c1-5-18(47)9-8-16(3)53-19(15-50-17(4)13-51-21(48)6-2)14-49-10-7-11-52-29(41,30(42,43)31(44,45)46)28(40)27(39)26(38)25(37)24(36)23(35)22(34)20(33)12-32/h5-6,8-9,16-17,19H,1-2,7,10-15H2,3-4H3/b9-8+,22-20+,24-23+,26-25+,28-27+. The Morgan fingerprint density at radius 3 is 1.79 bits per heavy atom. The first-order chi connectivity index (χ1) is 24.4. The second-order valence-electron chi connectivity index (χ2n) is 10.1. The molecule has 53 heavy (non-hydrogen) atoms. The van der Waals surface area contributed by atoms with Crippen LogP contribution in [0.5, 0.6) is 0 Å². The number of halogens is 15. The molecule has 302 valence electrons. The molecule has 0 aliphatic carbocycles. The zero-order valence-corrected chi connectivity index (χ0v) is 27.4. The molecule has 0 heterocycles. The summed E-state index contributed by atoms with van der Waals surface area (Å²) in [5.41, 5.74) is 0. The fourth-order valence-electron chi connectivity index (χ4n) is 3.22. The quantitative estimate of drug-likeness (QED) is 0.0317. The van der Waals surface area contributed by atoms with Crippen LogP contribution in [-0.2, 0) is 33.3 Å². The van der Waals surface area contributed by atoms with E-state index in [4.69, 9.17) is 18.9 Å². The van der Waals surface area contributed by atoms with Crippen LogP contribution in [0.3, 0.4) is 0 Å². The molecule has 0 amide bonds. The van der Waals surface area contributed by atoms with Crippen LogP contribution in [0.25, 0.3) is 0 Å². The lowest BCUT2D eigenvalue weighted by molar-refractivity contribution is -0.375. The SMILES string of the molecule is C=CC(=O)/C=C/C(C)OC(COCCCOC(F)(/C(F)=C(F)/C(F)=C(F)/C(F)=C(F)/C(F)=C(\F)CF)C(F)(F)C(F)(F)F)COC(C)COC(=O)C=C. The number of esters is 1. The molecule has 0 spiro atoms. The van der Waals surface area contributed by atoms with Gasteiger partial charge in [0, 0.05) is 12.7 Å². The van der Waals surface area contributed by atoms with E-state index < -0.39 is 128 Å². The predicted octanol–water partition coefficient (Wildman–Crippen LogP) is 9.06. The second-order valence-corrected chi connectivity index (χ2v) is 10.1. The molecule has 0 fully saturated rings. The van der Waals surface area contributed by atoms with Crippen LogP contribution in [-0.4, -0.2) is 87.7 Å². The highest BCUT2D eigenvalue weighted by molar-refractivity contribution is 5.98. The molecule has 0 aromatic rings. The van der Waals surface area contributed by atoms with Crippen LogP contribution in [0.4, 0.5) is 65.9 Å². The van der Waals surface area contributed by atoms with Gasteiger partial charge in [0.2, 0.25) is 23.3 Å². The Morgan fingerprint density at radius 2 is 1.28 bits per heavy atom. The smallest absolute Gasteiger partial charge is 0.460 e. The summed E-state index contributed by atoms with van der Waals surface area (Å²) in [7, 11) is 0. The van der Waals surface area contributed by atoms with Crippen LogP contribution in [0.15, 0.2) is 84.1 Å². The maximum Gasteiger partial charge on any atom is 0.460 e. The number of allylic oxidation sites excluding steroid dienone is 9. The Bertz CT molecular complexity index is 1440. The number of alkyl halides is 7. The summed E-state index contributed by atoms with van der Waals surface area (Å²) >= 11 is 0. The van der Waals surface area contributed by atoms with Crippen LogP contribution in [0, 0.1) is 0 Å². The maximum atomic E-state index is 15.1. The van der Waals surface area contributed by atoms with E-state index in [1.807, 2.05) is 0 Å². The van der Waals surface area contributed by atoms with E-state index in [0.717, 1.165) is 18.2 Å².